The topological polar surface area (TPSA) is 77.4 Å². The molecule has 0 aliphatic heterocycles. The van der Waals surface area contributed by atoms with Gasteiger partial charge in [0, 0.05) is 0 Å². The summed E-state index contributed by atoms with van der Waals surface area (Å²) in [6.45, 7) is 4.77. The van der Waals surface area contributed by atoms with Gasteiger partial charge < -0.3 is 29.2 Å². The Bertz CT molecular complexity index is 673. The molecule has 0 aliphatic rings. The van der Waals surface area contributed by atoms with Gasteiger partial charge in [-0.2, -0.15) is 0 Å². The number of methoxy groups -OCH3 is 2. The molecule has 2 rings (SSSR count). The van der Waals surface area contributed by atoms with Crippen LogP contribution in [0, 0.1) is 0 Å². The monoisotopic (exact) mass is 362 g/mol. The predicted molar refractivity (Wildman–Crippen MR) is 98.2 cm³/mol. The second-order valence-corrected chi connectivity index (χ2v) is 5.58. The number of benzene rings is 2. The average Bonchev–Trinajstić information content (AvgIpc) is 2.68. The molecule has 142 valence electrons. The molecule has 0 heterocycles. The van der Waals surface area contributed by atoms with Gasteiger partial charge in [-0.25, -0.2) is 0 Å². The van der Waals surface area contributed by atoms with Crippen LogP contribution in [0.4, 0.5) is 0 Å². The van der Waals surface area contributed by atoms with Gasteiger partial charge in [0.2, 0.25) is 5.75 Å². The Morgan fingerprint density at radius 2 is 1.27 bits per heavy atom. The van der Waals surface area contributed by atoms with E-state index in [9.17, 15) is 10.2 Å². The van der Waals surface area contributed by atoms with E-state index in [0.29, 0.717) is 47.3 Å². The van der Waals surface area contributed by atoms with Crippen molar-refractivity contribution in [2.75, 3.05) is 27.4 Å². The first-order valence-corrected chi connectivity index (χ1v) is 8.53. The average molecular weight is 362 g/mol. The summed E-state index contributed by atoms with van der Waals surface area (Å²) in [5.41, 5.74) is 1.04. The first kappa shape index (κ1) is 19.9. The maximum absolute atomic E-state index is 10.6. The third kappa shape index (κ3) is 4.39. The SMILES string of the molecule is CCOc1ccc(C(O)C(O)c2cc(OC)c(OCC)c(OC)c2)cc1. The second-order valence-electron chi connectivity index (χ2n) is 5.58. The van der Waals surface area contributed by atoms with Crippen molar-refractivity contribution in [2.45, 2.75) is 26.1 Å². The normalized spacial score (nSPS) is 13.0. The van der Waals surface area contributed by atoms with Crippen molar-refractivity contribution in [3.05, 3.63) is 47.5 Å². The first-order chi connectivity index (χ1) is 12.5. The lowest BCUT2D eigenvalue weighted by molar-refractivity contribution is 0.0169. The highest BCUT2D eigenvalue weighted by molar-refractivity contribution is 5.54. The van der Waals surface area contributed by atoms with E-state index in [1.165, 1.54) is 14.2 Å². The van der Waals surface area contributed by atoms with Gasteiger partial charge in [-0.15, -0.1) is 0 Å². The summed E-state index contributed by atoms with van der Waals surface area (Å²) in [4.78, 5) is 0. The van der Waals surface area contributed by atoms with Gasteiger partial charge in [0.25, 0.3) is 0 Å². The molecule has 0 radical (unpaired) electrons. The highest BCUT2D eigenvalue weighted by atomic mass is 16.5. The summed E-state index contributed by atoms with van der Waals surface area (Å²) < 4.78 is 21.6. The highest BCUT2D eigenvalue weighted by Gasteiger charge is 2.24. The van der Waals surface area contributed by atoms with Crippen LogP contribution in [0.3, 0.4) is 0 Å². The zero-order chi connectivity index (χ0) is 19.1. The van der Waals surface area contributed by atoms with Crippen molar-refractivity contribution in [3.8, 4) is 23.0 Å². The van der Waals surface area contributed by atoms with Crippen molar-refractivity contribution < 1.29 is 29.2 Å². The molecule has 0 saturated carbocycles. The van der Waals surface area contributed by atoms with E-state index in [-0.39, 0.29) is 0 Å². The summed E-state index contributed by atoms with van der Waals surface area (Å²) in [6, 6.07) is 10.2. The van der Waals surface area contributed by atoms with Crippen LogP contribution in [-0.4, -0.2) is 37.6 Å². The van der Waals surface area contributed by atoms with Crippen LogP contribution in [0.2, 0.25) is 0 Å². The summed E-state index contributed by atoms with van der Waals surface area (Å²) in [7, 11) is 3.02. The Morgan fingerprint density at radius 3 is 1.73 bits per heavy atom. The van der Waals surface area contributed by atoms with Crippen LogP contribution in [0.5, 0.6) is 23.0 Å². The van der Waals surface area contributed by atoms with Crippen LogP contribution < -0.4 is 18.9 Å². The Morgan fingerprint density at radius 1 is 0.769 bits per heavy atom. The van der Waals surface area contributed by atoms with Crippen molar-refractivity contribution in [2.24, 2.45) is 0 Å². The number of ether oxygens (including phenoxy) is 4. The fraction of sp³-hybridized carbons (Fsp3) is 0.400. The minimum atomic E-state index is -1.16. The third-order valence-electron chi connectivity index (χ3n) is 3.94. The number of aliphatic hydroxyl groups excluding tert-OH is 2. The molecule has 0 amide bonds. The maximum Gasteiger partial charge on any atom is 0.203 e. The molecular weight excluding hydrogens is 336 g/mol. The number of hydrogen-bond acceptors (Lipinski definition) is 6. The van der Waals surface area contributed by atoms with Crippen LogP contribution in [0.15, 0.2) is 36.4 Å². The molecular formula is C20H26O6. The smallest absolute Gasteiger partial charge is 0.203 e. The van der Waals surface area contributed by atoms with Gasteiger partial charge in [-0.3, -0.25) is 0 Å². The van der Waals surface area contributed by atoms with E-state index >= 15 is 0 Å². The van der Waals surface area contributed by atoms with E-state index in [4.69, 9.17) is 18.9 Å². The fourth-order valence-electron chi connectivity index (χ4n) is 2.65. The molecule has 6 heteroatoms. The lowest BCUT2D eigenvalue weighted by Crippen LogP contribution is -2.11. The van der Waals surface area contributed by atoms with Gasteiger partial charge >= 0.3 is 0 Å². The zero-order valence-electron chi connectivity index (χ0n) is 15.6. The van der Waals surface area contributed by atoms with Crippen molar-refractivity contribution in [3.63, 3.8) is 0 Å². The Balaban J connectivity index is 2.31. The minimum Gasteiger partial charge on any atom is -0.494 e. The van der Waals surface area contributed by atoms with Crippen molar-refractivity contribution in [1.29, 1.82) is 0 Å². The molecule has 0 aromatic heterocycles. The van der Waals surface area contributed by atoms with E-state index in [0.717, 1.165) is 0 Å². The molecule has 2 aromatic rings. The standard InChI is InChI=1S/C20H26O6/c1-5-25-15-9-7-13(8-10-15)18(21)19(22)14-11-16(23-3)20(26-6-2)17(12-14)24-4/h7-12,18-19,21-22H,5-6H2,1-4H3. The van der Waals surface area contributed by atoms with E-state index < -0.39 is 12.2 Å². The number of hydrogen-bond donors (Lipinski definition) is 2. The Kier molecular flexibility index (Phi) is 7.12. The summed E-state index contributed by atoms with van der Waals surface area (Å²) in [6.07, 6.45) is -2.27. The molecule has 6 nitrogen and oxygen atoms in total. The molecule has 0 saturated heterocycles. The van der Waals surface area contributed by atoms with Gasteiger partial charge in [0.1, 0.15) is 18.0 Å². The Labute approximate surface area is 153 Å². The summed E-state index contributed by atoms with van der Waals surface area (Å²) >= 11 is 0. The van der Waals surface area contributed by atoms with Crippen LogP contribution in [0.1, 0.15) is 37.2 Å². The van der Waals surface area contributed by atoms with Gasteiger partial charge in [-0.05, 0) is 49.2 Å². The van der Waals surface area contributed by atoms with E-state index in [2.05, 4.69) is 0 Å². The second kappa shape index (κ2) is 9.31. The molecule has 0 aliphatic carbocycles. The lowest BCUT2D eigenvalue weighted by Gasteiger charge is -2.21. The quantitative estimate of drug-likeness (QED) is 0.713. The lowest BCUT2D eigenvalue weighted by atomic mass is 9.97. The third-order valence-corrected chi connectivity index (χ3v) is 3.94. The summed E-state index contributed by atoms with van der Waals surface area (Å²) in [5.74, 6) is 2.03. The van der Waals surface area contributed by atoms with E-state index in [1.807, 2.05) is 13.8 Å². The number of aliphatic hydroxyl groups is 2. The highest BCUT2D eigenvalue weighted by Crippen LogP contribution is 2.42. The van der Waals surface area contributed by atoms with E-state index in [1.54, 1.807) is 36.4 Å². The van der Waals surface area contributed by atoms with Gasteiger partial charge in [0.15, 0.2) is 11.5 Å². The minimum absolute atomic E-state index is 0.430. The van der Waals surface area contributed by atoms with Gasteiger partial charge in [-0.1, -0.05) is 12.1 Å². The molecule has 2 aromatic carbocycles. The zero-order valence-corrected chi connectivity index (χ0v) is 15.6. The Hall–Kier alpha value is -2.44. The van der Waals surface area contributed by atoms with Crippen molar-refractivity contribution in [1.82, 2.24) is 0 Å². The molecule has 26 heavy (non-hydrogen) atoms. The van der Waals surface area contributed by atoms with Crippen LogP contribution in [-0.2, 0) is 0 Å². The number of rotatable bonds is 9. The molecule has 2 N–H and O–H groups in total. The van der Waals surface area contributed by atoms with Gasteiger partial charge in [0.05, 0.1) is 27.4 Å². The largest absolute Gasteiger partial charge is 0.494 e. The fourth-order valence-corrected chi connectivity index (χ4v) is 2.65. The van der Waals surface area contributed by atoms with Crippen molar-refractivity contribution >= 4 is 0 Å². The molecule has 0 spiro atoms. The molecule has 0 fully saturated rings. The predicted octanol–water partition coefficient (Wildman–Crippen LogP) is 3.27. The molecule has 2 unspecified atom stereocenters. The maximum atomic E-state index is 10.6. The van der Waals surface area contributed by atoms with Crippen LogP contribution >= 0.6 is 0 Å². The van der Waals surface area contributed by atoms with Crippen LogP contribution in [0.25, 0.3) is 0 Å². The summed E-state index contributed by atoms with van der Waals surface area (Å²) in [5, 5.41) is 21.2. The molecule has 2 atom stereocenters. The first-order valence-electron chi connectivity index (χ1n) is 8.53. The molecule has 0 bridgehead atoms.